The van der Waals surface area contributed by atoms with Crippen molar-refractivity contribution in [1.29, 1.82) is 0 Å². The van der Waals surface area contributed by atoms with Crippen LogP contribution in [0.3, 0.4) is 0 Å². The summed E-state index contributed by atoms with van der Waals surface area (Å²) in [6.45, 7) is 12.1. The number of halogens is 1. The first-order valence-corrected chi connectivity index (χ1v) is 14.9. The molecular formula is C30H35FN10OS. The van der Waals surface area contributed by atoms with Crippen LogP contribution in [0.2, 0.25) is 0 Å². The average molecular weight is 603 g/mol. The lowest BCUT2D eigenvalue weighted by molar-refractivity contribution is 0.381. The summed E-state index contributed by atoms with van der Waals surface area (Å²) in [7, 11) is 3.66. The summed E-state index contributed by atoms with van der Waals surface area (Å²) < 4.78 is 34.0. The molecule has 0 amide bonds. The maximum absolute atomic E-state index is 13.6. The standard InChI is InChI=1S/C30H35FN10OS/c1-30(2,3)43(42)37-27(21-7-9-25(31)10-8-21)23-16-34-29(35-17-23)40-13-11-39(12-14-40)28(32-4)26-15-22(20-41(26)33-5)24-18-36-38(6)19-24/h7-10,15-20H,5,11-14H2,1-4,6H3. The van der Waals surface area contributed by atoms with Gasteiger partial charge in [0.15, 0.2) is 0 Å². The normalized spacial score (nSPS) is 15.6. The van der Waals surface area contributed by atoms with Crippen molar-refractivity contribution in [3.8, 4) is 11.1 Å². The molecule has 1 saturated heterocycles. The van der Waals surface area contributed by atoms with Gasteiger partial charge in [0.05, 0.1) is 6.20 Å². The fourth-order valence-electron chi connectivity index (χ4n) is 4.71. The third kappa shape index (κ3) is 6.67. The van der Waals surface area contributed by atoms with Crippen LogP contribution < -0.4 is 4.90 Å². The molecule has 0 N–H and O–H groups in total. The third-order valence-electron chi connectivity index (χ3n) is 7.02. The lowest BCUT2D eigenvalue weighted by Crippen LogP contribution is -2.49. The van der Waals surface area contributed by atoms with E-state index in [0.29, 0.717) is 49.0 Å². The molecule has 13 heteroatoms. The summed E-state index contributed by atoms with van der Waals surface area (Å²) in [6.07, 6.45) is 9.06. The number of benzene rings is 1. The number of hydrogen-bond acceptors (Lipinski definition) is 8. The number of hydrogen-bond donors (Lipinski definition) is 0. The Kier molecular flexibility index (Phi) is 8.74. The highest BCUT2D eigenvalue weighted by Crippen LogP contribution is 2.25. The van der Waals surface area contributed by atoms with Crippen molar-refractivity contribution in [3.63, 3.8) is 0 Å². The van der Waals surface area contributed by atoms with Crippen LogP contribution in [0.15, 0.2) is 75.8 Å². The van der Waals surface area contributed by atoms with E-state index in [1.807, 2.05) is 46.4 Å². The third-order valence-corrected chi connectivity index (χ3v) is 8.42. The Balaban J connectivity index is 1.32. The van der Waals surface area contributed by atoms with Gasteiger partial charge in [-0.1, -0.05) is 4.40 Å². The summed E-state index contributed by atoms with van der Waals surface area (Å²) in [5.41, 5.74) is 4.53. The van der Waals surface area contributed by atoms with Gasteiger partial charge in [0.2, 0.25) is 5.95 Å². The monoisotopic (exact) mass is 602 g/mol. The van der Waals surface area contributed by atoms with E-state index in [9.17, 15) is 8.94 Å². The molecular weight excluding hydrogens is 567 g/mol. The molecule has 4 aromatic rings. The molecule has 0 spiro atoms. The van der Waals surface area contributed by atoms with E-state index < -0.39 is 16.1 Å². The molecule has 0 radical (unpaired) electrons. The highest BCUT2D eigenvalue weighted by atomic mass is 32.2. The second-order valence-corrected chi connectivity index (χ2v) is 13.0. The minimum Gasteiger partial charge on any atom is -0.591 e. The van der Waals surface area contributed by atoms with Gasteiger partial charge in [-0.25, -0.2) is 19.0 Å². The predicted molar refractivity (Wildman–Crippen MR) is 170 cm³/mol. The molecule has 1 aromatic carbocycles. The minimum atomic E-state index is -1.52. The maximum Gasteiger partial charge on any atom is 0.225 e. The van der Waals surface area contributed by atoms with Crippen molar-refractivity contribution >= 4 is 35.6 Å². The Bertz CT molecular complexity index is 1630. The van der Waals surface area contributed by atoms with Crippen molar-refractivity contribution in [2.45, 2.75) is 25.5 Å². The van der Waals surface area contributed by atoms with Gasteiger partial charge in [-0.3, -0.25) is 9.67 Å². The number of nitrogens with zero attached hydrogens (tertiary/aromatic N) is 10. The van der Waals surface area contributed by atoms with E-state index in [0.717, 1.165) is 22.7 Å². The number of aryl methyl sites for hydroxylation is 1. The molecule has 4 heterocycles. The highest BCUT2D eigenvalue weighted by molar-refractivity contribution is 7.91. The van der Waals surface area contributed by atoms with Crippen LogP contribution in [0.1, 0.15) is 37.6 Å². The zero-order valence-corrected chi connectivity index (χ0v) is 25.8. The molecule has 1 fully saturated rings. The van der Waals surface area contributed by atoms with Gasteiger partial charge in [-0.15, -0.1) is 0 Å². The molecule has 1 unspecified atom stereocenters. The number of aromatic nitrogens is 5. The average Bonchev–Trinajstić information content (AvgIpc) is 3.63. The number of amidine groups is 1. The minimum absolute atomic E-state index is 0.357. The first kappa shape index (κ1) is 30.1. The van der Waals surface area contributed by atoms with Gasteiger partial charge in [0.25, 0.3) is 0 Å². The predicted octanol–water partition coefficient (Wildman–Crippen LogP) is 3.78. The highest BCUT2D eigenvalue weighted by Gasteiger charge is 2.29. The summed E-state index contributed by atoms with van der Waals surface area (Å²) in [5, 5.41) is 8.46. The number of rotatable bonds is 7. The summed E-state index contributed by atoms with van der Waals surface area (Å²) in [5.74, 6) is 1.05. The van der Waals surface area contributed by atoms with Gasteiger partial charge >= 0.3 is 0 Å². The molecule has 43 heavy (non-hydrogen) atoms. The van der Waals surface area contributed by atoms with Gasteiger partial charge in [0.1, 0.15) is 39.2 Å². The van der Waals surface area contributed by atoms with Crippen LogP contribution in [0.4, 0.5) is 10.3 Å². The van der Waals surface area contributed by atoms with Crippen molar-refractivity contribution < 1.29 is 8.94 Å². The van der Waals surface area contributed by atoms with Crippen LogP contribution in [0.5, 0.6) is 0 Å². The fourth-order valence-corrected chi connectivity index (χ4v) is 5.36. The molecule has 0 saturated carbocycles. The zero-order valence-electron chi connectivity index (χ0n) is 25.0. The molecule has 1 atom stereocenters. The molecule has 0 aliphatic carbocycles. The van der Waals surface area contributed by atoms with Crippen LogP contribution in [-0.4, -0.2) is 90.1 Å². The van der Waals surface area contributed by atoms with E-state index in [-0.39, 0.29) is 5.82 Å². The first-order valence-electron chi connectivity index (χ1n) is 13.8. The summed E-state index contributed by atoms with van der Waals surface area (Å²) in [6, 6.07) is 8.00. The van der Waals surface area contributed by atoms with E-state index in [2.05, 4.69) is 52.1 Å². The number of anilines is 1. The second-order valence-electron chi connectivity index (χ2n) is 11.1. The van der Waals surface area contributed by atoms with Crippen molar-refractivity contribution in [3.05, 3.63) is 84.0 Å². The molecule has 1 aliphatic heterocycles. The molecule has 224 valence electrons. The van der Waals surface area contributed by atoms with Gasteiger partial charge in [0, 0.05) is 94.0 Å². The van der Waals surface area contributed by atoms with Crippen molar-refractivity contribution in [1.82, 2.24) is 29.3 Å². The maximum atomic E-state index is 13.6. The lowest BCUT2D eigenvalue weighted by atomic mass is 10.1. The zero-order chi connectivity index (χ0) is 30.7. The second kappa shape index (κ2) is 12.5. The largest absolute Gasteiger partial charge is 0.591 e. The molecule has 0 bridgehead atoms. The van der Waals surface area contributed by atoms with E-state index >= 15 is 0 Å². The lowest BCUT2D eigenvalue weighted by Gasteiger charge is -2.36. The van der Waals surface area contributed by atoms with E-state index in [1.165, 1.54) is 12.1 Å². The van der Waals surface area contributed by atoms with Crippen molar-refractivity contribution in [2.24, 2.45) is 21.5 Å². The molecule has 11 nitrogen and oxygen atoms in total. The van der Waals surface area contributed by atoms with Crippen molar-refractivity contribution in [2.75, 3.05) is 38.1 Å². The fraction of sp³-hybridized carbons (Fsp3) is 0.333. The Hall–Kier alpha value is -4.36. The van der Waals surface area contributed by atoms with Gasteiger partial charge in [-0.05, 0) is 51.1 Å². The Morgan fingerprint density at radius 2 is 1.65 bits per heavy atom. The number of aliphatic imine (C=N–C) groups is 1. The first-order chi connectivity index (χ1) is 20.6. The molecule has 1 aliphatic rings. The smallest absolute Gasteiger partial charge is 0.225 e. The Morgan fingerprint density at radius 1 is 0.977 bits per heavy atom. The molecule has 3 aromatic heterocycles. The topological polar surface area (TPSA) is 115 Å². The number of piperazine rings is 1. The SMILES string of the molecule is C=Nn1cc(-c2cnn(C)c2)cc1C(=NC)N1CCN(c2ncc(C(=N[S+]([O-])C(C)(C)C)c3ccc(F)cc3)cn2)CC1. The Morgan fingerprint density at radius 3 is 2.21 bits per heavy atom. The van der Waals surface area contributed by atoms with Crippen LogP contribution in [0.25, 0.3) is 11.1 Å². The van der Waals surface area contributed by atoms with Gasteiger partial charge in [-0.2, -0.15) is 10.2 Å². The van der Waals surface area contributed by atoms with E-state index in [1.54, 1.807) is 40.9 Å². The molecule has 5 rings (SSSR count). The van der Waals surface area contributed by atoms with Gasteiger partial charge < -0.3 is 14.4 Å². The van der Waals surface area contributed by atoms with E-state index in [4.69, 9.17) is 0 Å². The van der Waals surface area contributed by atoms with Crippen LogP contribution in [-0.2, 0) is 18.4 Å². The summed E-state index contributed by atoms with van der Waals surface area (Å²) in [4.78, 5) is 18.2. The van der Waals surface area contributed by atoms with Crippen LogP contribution in [0, 0.1) is 5.82 Å². The summed E-state index contributed by atoms with van der Waals surface area (Å²) >= 11 is -1.52. The Labute approximate surface area is 253 Å². The quantitative estimate of drug-likeness (QED) is 0.181. The van der Waals surface area contributed by atoms with Crippen LogP contribution >= 0.6 is 0 Å².